The van der Waals surface area contributed by atoms with Crippen molar-refractivity contribution < 1.29 is 0 Å². The number of aliphatic imine (C=N–C) groups is 2. The van der Waals surface area contributed by atoms with E-state index >= 15 is 0 Å². The fourth-order valence-electron chi connectivity index (χ4n) is 4.71. The van der Waals surface area contributed by atoms with Crippen molar-refractivity contribution in [3.63, 3.8) is 0 Å². The number of likely N-dealkylation sites (N-methyl/N-ethyl adjacent to an activating group) is 1. The first-order valence-electron chi connectivity index (χ1n) is 7.55. The van der Waals surface area contributed by atoms with Gasteiger partial charge in [0.05, 0.1) is 0 Å². The largest absolute Gasteiger partial charge is 0.336 e. The van der Waals surface area contributed by atoms with E-state index in [9.17, 15) is 0 Å². The molecule has 3 unspecified atom stereocenters. The van der Waals surface area contributed by atoms with Crippen LogP contribution in [0.3, 0.4) is 0 Å². The van der Waals surface area contributed by atoms with E-state index in [-0.39, 0.29) is 10.8 Å². The van der Waals surface area contributed by atoms with Crippen LogP contribution in [0.2, 0.25) is 0 Å². The van der Waals surface area contributed by atoms with E-state index in [0.29, 0.717) is 6.17 Å². The number of para-hydroxylation sites is 1. The fraction of sp³-hybridized carbons (Fsp3) is 0.529. The first-order valence-corrected chi connectivity index (χ1v) is 7.55. The number of hydrogen-bond donors (Lipinski definition) is 0. The zero-order chi connectivity index (χ0) is 15.0. The molecule has 2 heterocycles. The number of hydrogen-bond acceptors (Lipinski definition) is 2. The topological polar surface area (TPSA) is 31.2 Å². The van der Waals surface area contributed by atoms with Crippen molar-refractivity contribution in [3.8, 4) is 0 Å². The average Bonchev–Trinajstić information content (AvgIpc) is 2.94. The Labute approximate surface area is 126 Å². The molecule has 0 spiro atoms. The highest BCUT2D eigenvalue weighted by Crippen LogP contribution is 2.72. The highest BCUT2D eigenvalue weighted by Gasteiger charge is 2.73. The molecule has 2 fully saturated rings. The maximum absolute atomic E-state index is 4.55. The molecule has 1 aromatic rings. The van der Waals surface area contributed by atoms with Gasteiger partial charge in [-0.15, -0.1) is 0 Å². The summed E-state index contributed by atoms with van der Waals surface area (Å²) in [4.78, 5) is 13.7. The molecule has 2 aliphatic heterocycles. The Morgan fingerprint density at radius 3 is 2.43 bits per heavy atom. The predicted molar refractivity (Wildman–Crippen MR) is 87.3 cm³/mol. The van der Waals surface area contributed by atoms with Crippen LogP contribution in [0.1, 0.15) is 25.8 Å². The van der Waals surface area contributed by atoms with Gasteiger partial charge in [0.25, 0.3) is 0 Å². The first-order chi connectivity index (χ1) is 9.99. The Hall–Kier alpha value is -1.84. The molecule has 0 aromatic heterocycles. The summed E-state index contributed by atoms with van der Waals surface area (Å²) in [6.45, 7) is 4.81. The van der Waals surface area contributed by atoms with Gasteiger partial charge < -0.3 is 9.80 Å². The molecule has 3 aliphatic rings. The third kappa shape index (κ3) is 1.23. The smallest absolute Gasteiger partial charge is 0.173 e. The zero-order valence-corrected chi connectivity index (χ0v) is 13.4. The standard InChI is InChI=1S/C17H22N4/c1-16-10-17(16,2)15-20(5)13(18-3)14(19-4)21(15)12-9-7-6-8-11(12)16/h6-9,15H,10H2,1-5H3/b18-13+,19-14+. The summed E-state index contributed by atoms with van der Waals surface area (Å²) in [7, 11) is 5.87. The molecular weight excluding hydrogens is 260 g/mol. The van der Waals surface area contributed by atoms with Crippen LogP contribution in [0.4, 0.5) is 5.69 Å². The second-order valence-electron chi connectivity index (χ2n) is 6.89. The molecule has 4 nitrogen and oxygen atoms in total. The maximum Gasteiger partial charge on any atom is 0.173 e. The summed E-state index contributed by atoms with van der Waals surface area (Å²) >= 11 is 0. The van der Waals surface area contributed by atoms with Gasteiger partial charge in [0.15, 0.2) is 11.7 Å². The summed E-state index contributed by atoms with van der Waals surface area (Å²) in [5.41, 5.74) is 3.27. The lowest BCUT2D eigenvalue weighted by Crippen LogP contribution is -2.50. The zero-order valence-electron chi connectivity index (χ0n) is 13.4. The average molecular weight is 282 g/mol. The minimum atomic E-state index is 0.248. The molecular formula is C17H22N4. The van der Waals surface area contributed by atoms with E-state index in [1.54, 1.807) is 0 Å². The van der Waals surface area contributed by atoms with Gasteiger partial charge in [-0.1, -0.05) is 32.0 Å². The number of anilines is 1. The summed E-state index contributed by atoms with van der Waals surface area (Å²) in [5.74, 6) is 1.99. The molecule has 21 heavy (non-hydrogen) atoms. The van der Waals surface area contributed by atoms with Crippen molar-refractivity contribution in [1.29, 1.82) is 0 Å². The third-order valence-electron chi connectivity index (χ3n) is 5.98. The van der Waals surface area contributed by atoms with Gasteiger partial charge in [-0.05, 0) is 18.1 Å². The van der Waals surface area contributed by atoms with Gasteiger partial charge in [-0.25, -0.2) is 0 Å². The number of amidine groups is 2. The van der Waals surface area contributed by atoms with E-state index < -0.39 is 0 Å². The molecule has 1 saturated carbocycles. The Balaban J connectivity index is 2.01. The molecule has 4 rings (SSSR count). The lowest BCUT2D eigenvalue weighted by Gasteiger charge is -2.42. The summed E-state index contributed by atoms with van der Waals surface area (Å²) in [6.07, 6.45) is 1.53. The van der Waals surface area contributed by atoms with Crippen molar-refractivity contribution >= 4 is 17.4 Å². The van der Waals surface area contributed by atoms with Gasteiger partial charge in [0.1, 0.15) is 6.17 Å². The minimum Gasteiger partial charge on any atom is -0.336 e. The van der Waals surface area contributed by atoms with Gasteiger partial charge in [0, 0.05) is 37.7 Å². The molecule has 110 valence electrons. The van der Waals surface area contributed by atoms with Crippen molar-refractivity contribution in [1.82, 2.24) is 4.90 Å². The van der Waals surface area contributed by atoms with E-state index in [0.717, 1.165) is 11.7 Å². The summed E-state index contributed by atoms with van der Waals surface area (Å²) < 4.78 is 0. The normalized spacial score (nSPS) is 40.3. The second-order valence-corrected chi connectivity index (χ2v) is 6.89. The molecule has 4 heteroatoms. The van der Waals surface area contributed by atoms with E-state index in [2.05, 4.69) is 64.9 Å². The molecule has 3 atom stereocenters. The summed E-state index contributed by atoms with van der Waals surface area (Å²) in [5, 5.41) is 0. The monoisotopic (exact) mass is 282 g/mol. The van der Waals surface area contributed by atoms with Crippen LogP contribution in [-0.4, -0.2) is 43.9 Å². The van der Waals surface area contributed by atoms with E-state index in [1.165, 1.54) is 17.7 Å². The lowest BCUT2D eigenvalue weighted by atomic mass is 9.81. The highest BCUT2D eigenvalue weighted by molar-refractivity contribution is 6.47. The predicted octanol–water partition coefficient (Wildman–Crippen LogP) is 2.50. The van der Waals surface area contributed by atoms with E-state index in [4.69, 9.17) is 0 Å². The van der Waals surface area contributed by atoms with Crippen molar-refractivity contribution in [2.45, 2.75) is 31.8 Å². The Morgan fingerprint density at radius 2 is 1.76 bits per heavy atom. The molecule has 0 bridgehead atoms. The second kappa shape index (κ2) is 3.67. The quantitative estimate of drug-likeness (QED) is 0.732. The van der Waals surface area contributed by atoms with Crippen molar-refractivity contribution in [2.75, 3.05) is 26.0 Å². The van der Waals surface area contributed by atoms with Gasteiger partial charge in [-0.2, -0.15) is 0 Å². The van der Waals surface area contributed by atoms with Crippen LogP contribution in [0.25, 0.3) is 0 Å². The molecule has 1 aliphatic carbocycles. The number of nitrogens with zero attached hydrogens (tertiary/aromatic N) is 4. The van der Waals surface area contributed by atoms with Gasteiger partial charge in [0.2, 0.25) is 0 Å². The molecule has 0 N–H and O–H groups in total. The van der Waals surface area contributed by atoms with Crippen LogP contribution >= 0.6 is 0 Å². The number of rotatable bonds is 0. The van der Waals surface area contributed by atoms with Gasteiger partial charge >= 0.3 is 0 Å². The third-order valence-corrected chi connectivity index (χ3v) is 5.98. The molecule has 1 aromatic carbocycles. The highest BCUT2D eigenvalue weighted by atomic mass is 15.5. The van der Waals surface area contributed by atoms with E-state index in [1.807, 2.05) is 14.1 Å². The van der Waals surface area contributed by atoms with Crippen LogP contribution in [-0.2, 0) is 5.41 Å². The molecule has 1 saturated heterocycles. The first kappa shape index (κ1) is 12.9. The number of fused-ring (bicyclic) bond motifs is 6. The maximum atomic E-state index is 4.55. The Morgan fingerprint density at radius 1 is 1.10 bits per heavy atom. The van der Waals surface area contributed by atoms with Crippen molar-refractivity contribution in [3.05, 3.63) is 29.8 Å². The Kier molecular flexibility index (Phi) is 2.25. The lowest BCUT2D eigenvalue weighted by molar-refractivity contribution is 0.243. The van der Waals surface area contributed by atoms with Crippen LogP contribution in [0.15, 0.2) is 34.3 Å². The van der Waals surface area contributed by atoms with Crippen molar-refractivity contribution in [2.24, 2.45) is 15.4 Å². The van der Waals surface area contributed by atoms with Crippen LogP contribution < -0.4 is 4.90 Å². The minimum absolute atomic E-state index is 0.248. The SMILES string of the molecule is C/N=C1\C(=N/C)N2c3ccccc3C3(C)CC3(C)C2N1C. The van der Waals surface area contributed by atoms with Crippen LogP contribution in [0, 0.1) is 5.41 Å². The Bertz CT molecular complexity index is 692. The fourth-order valence-corrected chi connectivity index (χ4v) is 4.71. The molecule has 0 amide bonds. The number of benzene rings is 1. The van der Waals surface area contributed by atoms with Gasteiger partial charge in [-0.3, -0.25) is 9.98 Å². The van der Waals surface area contributed by atoms with Crippen LogP contribution in [0.5, 0.6) is 0 Å². The molecule has 0 radical (unpaired) electrons. The summed E-state index contributed by atoms with van der Waals surface area (Å²) in [6, 6.07) is 8.79.